The Morgan fingerprint density at radius 1 is 1.15 bits per heavy atom. The van der Waals surface area contributed by atoms with Crippen molar-refractivity contribution in [3.63, 3.8) is 0 Å². The molecule has 4 amide bonds. The van der Waals surface area contributed by atoms with Crippen molar-refractivity contribution in [3.05, 3.63) is 76.8 Å². The van der Waals surface area contributed by atoms with Crippen molar-refractivity contribution >= 4 is 17.8 Å². The number of benzene rings is 1. The van der Waals surface area contributed by atoms with Crippen LogP contribution < -0.4 is 10.6 Å². The van der Waals surface area contributed by atoms with Crippen LogP contribution in [0.15, 0.2) is 59.9 Å². The Kier molecular flexibility index (Phi) is 6.41. The molecule has 1 aromatic heterocycles. The highest BCUT2D eigenvalue weighted by Gasteiger charge is 2.43. The first-order valence-electron chi connectivity index (χ1n) is 11.5. The molecule has 0 saturated carbocycles. The van der Waals surface area contributed by atoms with E-state index in [1.54, 1.807) is 13.2 Å². The molecule has 34 heavy (non-hydrogen) atoms. The second-order valence-electron chi connectivity index (χ2n) is 9.76. The summed E-state index contributed by atoms with van der Waals surface area (Å²) in [6.07, 6.45) is 2.33. The highest BCUT2D eigenvalue weighted by atomic mass is 16.2. The van der Waals surface area contributed by atoms with Gasteiger partial charge in [-0.05, 0) is 28.7 Å². The van der Waals surface area contributed by atoms with Gasteiger partial charge in [-0.1, -0.05) is 51.1 Å². The zero-order valence-corrected chi connectivity index (χ0v) is 20.1. The van der Waals surface area contributed by atoms with E-state index in [9.17, 15) is 14.4 Å². The molecule has 0 spiro atoms. The van der Waals surface area contributed by atoms with E-state index >= 15 is 0 Å². The minimum absolute atomic E-state index is 0.00288. The molecule has 0 saturated heterocycles. The largest absolute Gasteiger partial charge is 0.354 e. The van der Waals surface area contributed by atoms with Gasteiger partial charge in [0.1, 0.15) is 6.54 Å². The van der Waals surface area contributed by atoms with E-state index < -0.39 is 6.04 Å². The van der Waals surface area contributed by atoms with Gasteiger partial charge >= 0.3 is 6.03 Å². The number of nitrogens with zero attached hydrogens (tertiary/aromatic N) is 3. The van der Waals surface area contributed by atoms with E-state index in [0.29, 0.717) is 24.2 Å². The second kappa shape index (κ2) is 9.29. The monoisotopic (exact) mass is 461 g/mol. The number of rotatable bonds is 6. The van der Waals surface area contributed by atoms with Crippen LogP contribution in [0.25, 0.3) is 0 Å². The van der Waals surface area contributed by atoms with Crippen molar-refractivity contribution in [1.82, 2.24) is 25.4 Å². The molecule has 1 atom stereocenters. The van der Waals surface area contributed by atoms with E-state index in [2.05, 4.69) is 36.4 Å². The fourth-order valence-corrected chi connectivity index (χ4v) is 4.28. The SMILES string of the molecule is CN1C(=O)N[C@@H](c2ccc(C(C)(C)C)cc2)C2=C1CN(CC(=O)NCCc1ccccn1)C2=O. The lowest BCUT2D eigenvalue weighted by Crippen LogP contribution is -2.45. The van der Waals surface area contributed by atoms with Gasteiger partial charge in [-0.3, -0.25) is 19.5 Å². The summed E-state index contributed by atoms with van der Waals surface area (Å²) in [5.41, 5.74) is 4.07. The smallest absolute Gasteiger partial charge is 0.322 e. The quantitative estimate of drug-likeness (QED) is 0.691. The molecule has 0 bridgehead atoms. The van der Waals surface area contributed by atoms with Crippen molar-refractivity contribution in [1.29, 1.82) is 0 Å². The van der Waals surface area contributed by atoms with Gasteiger partial charge in [-0.25, -0.2) is 4.79 Å². The third-order valence-corrected chi connectivity index (χ3v) is 6.31. The maximum absolute atomic E-state index is 13.3. The van der Waals surface area contributed by atoms with E-state index in [0.717, 1.165) is 11.3 Å². The van der Waals surface area contributed by atoms with Crippen LogP contribution >= 0.6 is 0 Å². The molecule has 2 N–H and O–H groups in total. The molecule has 1 aromatic carbocycles. The third-order valence-electron chi connectivity index (χ3n) is 6.31. The standard InChI is InChI=1S/C26H31N5O3/c1-26(2,3)18-10-8-17(9-11-18)23-22-20(30(4)25(34)29-23)15-31(24(22)33)16-21(32)28-14-12-19-7-5-6-13-27-19/h5-11,13,23H,12,14-16H2,1-4H3,(H,28,32)(H,29,34)/t23-/m0/s1. The molecule has 0 aliphatic carbocycles. The Morgan fingerprint density at radius 3 is 2.53 bits per heavy atom. The minimum Gasteiger partial charge on any atom is -0.354 e. The molecule has 2 aliphatic heterocycles. The Balaban J connectivity index is 1.45. The maximum Gasteiger partial charge on any atom is 0.322 e. The summed E-state index contributed by atoms with van der Waals surface area (Å²) in [4.78, 5) is 45.7. The van der Waals surface area contributed by atoms with Gasteiger partial charge in [-0.2, -0.15) is 0 Å². The van der Waals surface area contributed by atoms with Gasteiger partial charge in [0.25, 0.3) is 5.91 Å². The molecule has 8 nitrogen and oxygen atoms in total. The van der Waals surface area contributed by atoms with Crippen molar-refractivity contribution < 1.29 is 14.4 Å². The first-order valence-corrected chi connectivity index (χ1v) is 11.5. The van der Waals surface area contributed by atoms with Crippen LogP contribution in [0.3, 0.4) is 0 Å². The van der Waals surface area contributed by atoms with Crippen LogP contribution in [-0.4, -0.2) is 59.3 Å². The van der Waals surface area contributed by atoms with E-state index in [1.165, 1.54) is 15.4 Å². The van der Waals surface area contributed by atoms with Crippen LogP contribution in [0.1, 0.15) is 43.6 Å². The number of nitrogens with one attached hydrogen (secondary N) is 2. The number of urea groups is 1. The number of pyridine rings is 1. The number of hydrogen-bond donors (Lipinski definition) is 2. The molecule has 2 aromatic rings. The van der Waals surface area contributed by atoms with Gasteiger partial charge in [-0.15, -0.1) is 0 Å². The molecule has 0 radical (unpaired) electrons. The molecule has 2 aliphatic rings. The third kappa shape index (κ3) is 4.81. The predicted octanol–water partition coefficient (Wildman–Crippen LogP) is 2.53. The van der Waals surface area contributed by atoms with E-state index in [-0.39, 0.29) is 36.3 Å². The van der Waals surface area contributed by atoms with Gasteiger partial charge in [0.05, 0.1) is 23.9 Å². The zero-order valence-electron chi connectivity index (χ0n) is 20.1. The fraction of sp³-hybridized carbons (Fsp3) is 0.385. The van der Waals surface area contributed by atoms with Crippen molar-refractivity contribution in [2.75, 3.05) is 26.7 Å². The van der Waals surface area contributed by atoms with Crippen molar-refractivity contribution in [2.24, 2.45) is 0 Å². The van der Waals surface area contributed by atoms with Crippen LogP contribution in [0, 0.1) is 0 Å². The Hall–Kier alpha value is -3.68. The average Bonchev–Trinajstić information content (AvgIpc) is 3.12. The Bertz CT molecular complexity index is 1120. The van der Waals surface area contributed by atoms with Crippen LogP contribution in [0.2, 0.25) is 0 Å². The lowest BCUT2D eigenvalue weighted by molar-refractivity contribution is -0.131. The molecule has 3 heterocycles. The molecular weight excluding hydrogens is 430 g/mol. The maximum atomic E-state index is 13.3. The van der Waals surface area contributed by atoms with Crippen LogP contribution in [-0.2, 0) is 21.4 Å². The summed E-state index contributed by atoms with van der Waals surface area (Å²) < 4.78 is 0. The molecule has 4 rings (SSSR count). The molecule has 0 fully saturated rings. The number of carbonyl (C=O) groups is 3. The number of likely N-dealkylation sites (N-methyl/N-ethyl adjacent to an activating group) is 1. The van der Waals surface area contributed by atoms with Crippen LogP contribution in [0.5, 0.6) is 0 Å². The highest BCUT2D eigenvalue weighted by Crippen LogP contribution is 2.36. The summed E-state index contributed by atoms with van der Waals surface area (Å²) in [5.74, 6) is -0.469. The Labute approximate surface area is 200 Å². The summed E-state index contributed by atoms with van der Waals surface area (Å²) in [6.45, 7) is 7.01. The number of amides is 4. The van der Waals surface area contributed by atoms with E-state index in [1.807, 2.05) is 42.5 Å². The zero-order chi connectivity index (χ0) is 24.5. The topological polar surface area (TPSA) is 94.6 Å². The molecule has 0 unspecified atom stereocenters. The highest BCUT2D eigenvalue weighted by molar-refractivity contribution is 6.02. The normalized spacial score (nSPS) is 18.2. The number of aromatic nitrogens is 1. The van der Waals surface area contributed by atoms with E-state index in [4.69, 9.17) is 0 Å². The minimum atomic E-state index is -0.544. The average molecular weight is 462 g/mol. The molecule has 8 heteroatoms. The summed E-state index contributed by atoms with van der Waals surface area (Å²) in [6, 6.07) is 12.8. The summed E-state index contributed by atoms with van der Waals surface area (Å²) in [5, 5.41) is 5.80. The number of carbonyl (C=O) groups excluding carboxylic acids is 3. The lowest BCUT2D eigenvalue weighted by Gasteiger charge is -2.31. The van der Waals surface area contributed by atoms with Crippen LogP contribution in [0.4, 0.5) is 4.79 Å². The van der Waals surface area contributed by atoms with Crippen molar-refractivity contribution in [3.8, 4) is 0 Å². The summed E-state index contributed by atoms with van der Waals surface area (Å²) in [7, 11) is 1.65. The van der Waals surface area contributed by atoms with Gasteiger partial charge < -0.3 is 15.5 Å². The summed E-state index contributed by atoms with van der Waals surface area (Å²) >= 11 is 0. The van der Waals surface area contributed by atoms with Gasteiger partial charge in [0.2, 0.25) is 5.91 Å². The van der Waals surface area contributed by atoms with Gasteiger partial charge in [0.15, 0.2) is 0 Å². The predicted molar refractivity (Wildman–Crippen MR) is 129 cm³/mol. The first kappa shape index (κ1) is 23.5. The molecule has 178 valence electrons. The first-order chi connectivity index (χ1) is 16.1. The second-order valence-corrected chi connectivity index (χ2v) is 9.76. The molecular formula is C26H31N5O3. The fourth-order valence-electron chi connectivity index (χ4n) is 4.28. The Morgan fingerprint density at radius 2 is 1.88 bits per heavy atom. The number of hydrogen-bond acceptors (Lipinski definition) is 4. The van der Waals surface area contributed by atoms with Crippen molar-refractivity contribution in [2.45, 2.75) is 38.6 Å². The lowest BCUT2D eigenvalue weighted by atomic mass is 9.85. The van der Waals surface area contributed by atoms with Gasteiger partial charge in [0, 0.05) is 31.9 Å².